The first-order valence-electron chi connectivity index (χ1n) is 7.39. The summed E-state index contributed by atoms with van der Waals surface area (Å²) in [6, 6.07) is 0.655. The summed E-state index contributed by atoms with van der Waals surface area (Å²) in [7, 11) is 0. The van der Waals surface area contributed by atoms with E-state index in [0.717, 1.165) is 16.8 Å². The van der Waals surface area contributed by atoms with E-state index in [1.54, 1.807) is 11.3 Å². The standard InChI is InChI=1S/C15H23N3S2/c1-10-9-20-15-17-11(2)13(18(10)15)8-16-12-6-4-5-7-14(12)19-3/h9,12,14,16H,4-8H2,1-3H3. The Morgan fingerprint density at radius 1 is 1.40 bits per heavy atom. The smallest absolute Gasteiger partial charge is 0.194 e. The van der Waals surface area contributed by atoms with Gasteiger partial charge in [-0.2, -0.15) is 11.8 Å². The number of imidazole rings is 1. The van der Waals surface area contributed by atoms with Crippen LogP contribution in [0.3, 0.4) is 0 Å². The first-order chi connectivity index (χ1) is 9.70. The second-order valence-corrected chi connectivity index (χ2v) is 7.60. The van der Waals surface area contributed by atoms with Crippen LogP contribution in [0.15, 0.2) is 5.38 Å². The number of hydrogen-bond acceptors (Lipinski definition) is 4. The fraction of sp³-hybridized carbons (Fsp3) is 0.667. The number of hydrogen-bond donors (Lipinski definition) is 1. The first-order valence-corrected chi connectivity index (χ1v) is 9.55. The maximum atomic E-state index is 4.67. The Morgan fingerprint density at radius 2 is 2.20 bits per heavy atom. The molecule has 110 valence electrons. The maximum absolute atomic E-state index is 4.67. The number of thiazole rings is 1. The highest BCUT2D eigenvalue weighted by molar-refractivity contribution is 7.99. The highest BCUT2D eigenvalue weighted by Crippen LogP contribution is 2.28. The van der Waals surface area contributed by atoms with Gasteiger partial charge in [0.05, 0.1) is 11.4 Å². The van der Waals surface area contributed by atoms with Crippen molar-refractivity contribution in [2.75, 3.05) is 6.26 Å². The van der Waals surface area contributed by atoms with Crippen molar-refractivity contribution in [1.82, 2.24) is 14.7 Å². The number of aromatic nitrogens is 2. The molecule has 2 unspecified atom stereocenters. The highest BCUT2D eigenvalue weighted by Gasteiger charge is 2.24. The number of rotatable bonds is 4. The average molecular weight is 310 g/mol. The third-order valence-corrected chi connectivity index (χ3v) is 6.48. The summed E-state index contributed by atoms with van der Waals surface area (Å²) in [6.45, 7) is 5.23. The van der Waals surface area contributed by atoms with E-state index in [0.29, 0.717) is 6.04 Å². The summed E-state index contributed by atoms with van der Waals surface area (Å²) in [5.41, 5.74) is 3.81. The molecule has 0 saturated heterocycles. The van der Waals surface area contributed by atoms with Gasteiger partial charge in [-0.05, 0) is 32.9 Å². The second-order valence-electron chi connectivity index (χ2n) is 5.68. The van der Waals surface area contributed by atoms with Crippen LogP contribution >= 0.6 is 23.1 Å². The molecule has 20 heavy (non-hydrogen) atoms. The molecule has 0 amide bonds. The summed E-state index contributed by atoms with van der Waals surface area (Å²) in [5, 5.41) is 6.76. The zero-order chi connectivity index (χ0) is 14.1. The van der Waals surface area contributed by atoms with Gasteiger partial charge in [-0.1, -0.05) is 12.8 Å². The predicted octanol–water partition coefficient (Wildman–Crippen LogP) is 3.78. The van der Waals surface area contributed by atoms with E-state index in [-0.39, 0.29) is 0 Å². The van der Waals surface area contributed by atoms with Gasteiger partial charge in [-0.15, -0.1) is 11.3 Å². The van der Waals surface area contributed by atoms with Crippen LogP contribution in [0.25, 0.3) is 4.96 Å². The molecule has 3 rings (SSSR count). The van der Waals surface area contributed by atoms with Crippen LogP contribution in [0.2, 0.25) is 0 Å². The van der Waals surface area contributed by atoms with Crippen LogP contribution < -0.4 is 5.32 Å². The minimum Gasteiger partial charge on any atom is -0.307 e. The molecule has 2 aromatic rings. The molecular weight excluding hydrogens is 286 g/mol. The third kappa shape index (κ3) is 2.63. The van der Waals surface area contributed by atoms with Crippen molar-refractivity contribution < 1.29 is 0 Å². The molecular formula is C15H23N3S2. The van der Waals surface area contributed by atoms with Gasteiger partial charge in [0, 0.05) is 28.9 Å². The Morgan fingerprint density at radius 3 is 3.00 bits per heavy atom. The summed E-state index contributed by atoms with van der Waals surface area (Å²) in [6.07, 6.45) is 7.68. The summed E-state index contributed by atoms with van der Waals surface area (Å²) >= 11 is 3.76. The Kier molecular flexibility index (Phi) is 4.38. The van der Waals surface area contributed by atoms with Crippen molar-refractivity contribution >= 4 is 28.1 Å². The molecule has 5 heteroatoms. The van der Waals surface area contributed by atoms with E-state index in [1.807, 2.05) is 11.8 Å². The molecule has 2 aromatic heterocycles. The minimum atomic E-state index is 0.655. The molecule has 0 aromatic carbocycles. The Balaban J connectivity index is 1.76. The molecule has 0 radical (unpaired) electrons. The largest absolute Gasteiger partial charge is 0.307 e. The lowest BCUT2D eigenvalue weighted by molar-refractivity contribution is 0.381. The van der Waals surface area contributed by atoms with E-state index in [4.69, 9.17) is 0 Å². The lowest BCUT2D eigenvalue weighted by atomic mass is 9.95. The van der Waals surface area contributed by atoms with Crippen LogP contribution in [0.4, 0.5) is 0 Å². The van der Waals surface area contributed by atoms with Gasteiger partial charge in [-0.25, -0.2) is 4.98 Å². The van der Waals surface area contributed by atoms with Crippen molar-refractivity contribution in [2.24, 2.45) is 0 Å². The Bertz CT molecular complexity index is 587. The van der Waals surface area contributed by atoms with E-state index in [9.17, 15) is 0 Å². The number of fused-ring (bicyclic) bond motifs is 1. The molecule has 0 spiro atoms. The first kappa shape index (κ1) is 14.4. The Labute approximate surface area is 129 Å². The van der Waals surface area contributed by atoms with E-state index in [2.05, 4.69) is 40.2 Å². The van der Waals surface area contributed by atoms with E-state index in [1.165, 1.54) is 42.8 Å². The predicted molar refractivity (Wildman–Crippen MR) is 88.9 cm³/mol. The van der Waals surface area contributed by atoms with Gasteiger partial charge in [0.25, 0.3) is 0 Å². The molecule has 0 aliphatic heterocycles. The van der Waals surface area contributed by atoms with Crippen molar-refractivity contribution in [2.45, 2.75) is 57.4 Å². The number of nitrogens with one attached hydrogen (secondary N) is 1. The number of nitrogens with zero attached hydrogens (tertiary/aromatic N) is 2. The van der Waals surface area contributed by atoms with Crippen LogP contribution in [0, 0.1) is 13.8 Å². The SMILES string of the molecule is CSC1CCCCC1NCc1c(C)nc2scc(C)n12. The monoisotopic (exact) mass is 309 g/mol. The average Bonchev–Trinajstić information content (AvgIpc) is 2.96. The van der Waals surface area contributed by atoms with Gasteiger partial charge in [0.1, 0.15) is 0 Å². The molecule has 2 atom stereocenters. The third-order valence-electron chi connectivity index (χ3n) is 4.37. The van der Waals surface area contributed by atoms with Crippen molar-refractivity contribution in [3.63, 3.8) is 0 Å². The normalized spacial score (nSPS) is 23.6. The topological polar surface area (TPSA) is 29.3 Å². The van der Waals surface area contributed by atoms with Crippen LogP contribution in [0.5, 0.6) is 0 Å². The Hall–Kier alpha value is -0.520. The quantitative estimate of drug-likeness (QED) is 0.932. The van der Waals surface area contributed by atoms with E-state index < -0.39 is 0 Å². The zero-order valence-corrected chi connectivity index (χ0v) is 14.1. The molecule has 1 aliphatic carbocycles. The second kappa shape index (κ2) is 6.08. The number of thioether (sulfide) groups is 1. The molecule has 3 nitrogen and oxygen atoms in total. The molecule has 1 saturated carbocycles. The van der Waals surface area contributed by atoms with Gasteiger partial charge in [0.2, 0.25) is 0 Å². The fourth-order valence-electron chi connectivity index (χ4n) is 3.22. The van der Waals surface area contributed by atoms with Crippen LogP contribution in [0.1, 0.15) is 42.8 Å². The number of aryl methyl sites for hydroxylation is 2. The van der Waals surface area contributed by atoms with Gasteiger partial charge in [-0.3, -0.25) is 4.40 Å². The molecule has 0 bridgehead atoms. The van der Waals surface area contributed by atoms with Crippen molar-refractivity contribution in [3.05, 3.63) is 22.5 Å². The van der Waals surface area contributed by atoms with Gasteiger partial charge < -0.3 is 5.32 Å². The maximum Gasteiger partial charge on any atom is 0.194 e. The molecule has 1 aliphatic rings. The van der Waals surface area contributed by atoms with Crippen molar-refractivity contribution in [1.29, 1.82) is 0 Å². The van der Waals surface area contributed by atoms with Gasteiger partial charge >= 0.3 is 0 Å². The fourth-order valence-corrected chi connectivity index (χ4v) is 5.11. The van der Waals surface area contributed by atoms with Crippen LogP contribution in [-0.4, -0.2) is 26.9 Å². The summed E-state index contributed by atoms with van der Waals surface area (Å²) in [4.78, 5) is 5.80. The molecule has 1 fully saturated rings. The van der Waals surface area contributed by atoms with E-state index >= 15 is 0 Å². The minimum absolute atomic E-state index is 0.655. The van der Waals surface area contributed by atoms with Crippen molar-refractivity contribution in [3.8, 4) is 0 Å². The lowest BCUT2D eigenvalue weighted by Gasteiger charge is -2.31. The van der Waals surface area contributed by atoms with Crippen LogP contribution in [-0.2, 0) is 6.54 Å². The summed E-state index contributed by atoms with van der Waals surface area (Å²) in [5.74, 6) is 0. The zero-order valence-electron chi connectivity index (χ0n) is 12.5. The molecule has 1 N–H and O–H groups in total. The highest BCUT2D eigenvalue weighted by atomic mass is 32.2. The lowest BCUT2D eigenvalue weighted by Crippen LogP contribution is -2.40. The molecule has 2 heterocycles. The van der Waals surface area contributed by atoms with Gasteiger partial charge in [0.15, 0.2) is 4.96 Å². The summed E-state index contributed by atoms with van der Waals surface area (Å²) < 4.78 is 2.31.